The van der Waals surface area contributed by atoms with Crippen LogP contribution in [0.15, 0.2) is 22.7 Å². The number of halogens is 2. The van der Waals surface area contributed by atoms with Crippen LogP contribution in [-0.4, -0.2) is 18.1 Å². The van der Waals surface area contributed by atoms with E-state index in [2.05, 4.69) is 54.3 Å². The molecule has 0 aliphatic heterocycles. The quantitative estimate of drug-likeness (QED) is 0.869. The summed E-state index contributed by atoms with van der Waals surface area (Å²) in [6, 6.07) is 5.30. The number of rotatable bonds is 5. The molecule has 0 heterocycles. The van der Waals surface area contributed by atoms with Gasteiger partial charge >= 0.3 is 0 Å². The van der Waals surface area contributed by atoms with Gasteiger partial charge in [0, 0.05) is 34.7 Å². The van der Waals surface area contributed by atoms with Crippen molar-refractivity contribution in [3.8, 4) is 0 Å². The number of hydrogen-bond acceptors (Lipinski definition) is 2. The Kier molecular flexibility index (Phi) is 5.76. The van der Waals surface area contributed by atoms with Gasteiger partial charge in [0.25, 0.3) is 0 Å². The van der Waals surface area contributed by atoms with Crippen LogP contribution in [0.5, 0.6) is 0 Å². The van der Waals surface area contributed by atoms with Gasteiger partial charge in [-0.05, 0) is 45.9 Å². The van der Waals surface area contributed by atoms with Crippen molar-refractivity contribution in [2.24, 2.45) is 0 Å². The van der Waals surface area contributed by atoms with Gasteiger partial charge in [0.1, 0.15) is 5.82 Å². The first kappa shape index (κ1) is 15.6. The van der Waals surface area contributed by atoms with Gasteiger partial charge in [-0.3, -0.25) is 0 Å². The highest BCUT2D eigenvalue weighted by atomic mass is 79.9. The fourth-order valence-electron chi connectivity index (χ4n) is 1.49. The van der Waals surface area contributed by atoms with Crippen molar-refractivity contribution in [2.75, 3.05) is 6.54 Å². The third-order valence-corrected chi connectivity index (χ3v) is 3.08. The minimum atomic E-state index is -0.165. The van der Waals surface area contributed by atoms with E-state index < -0.39 is 0 Å². The average molecular weight is 317 g/mol. The molecule has 0 radical (unpaired) electrons. The van der Waals surface area contributed by atoms with Crippen molar-refractivity contribution in [3.63, 3.8) is 0 Å². The molecule has 0 spiro atoms. The Bertz CT molecular complexity index is 388. The summed E-state index contributed by atoms with van der Waals surface area (Å²) in [7, 11) is 0. The van der Waals surface area contributed by atoms with Crippen molar-refractivity contribution in [2.45, 2.75) is 45.8 Å². The van der Waals surface area contributed by atoms with Crippen molar-refractivity contribution in [3.05, 3.63) is 34.1 Å². The fourth-order valence-corrected chi connectivity index (χ4v) is 1.90. The summed E-state index contributed by atoms with van der Waals surface area (Å²) in [6.45, 7) is 9.89. The van der Waals surface area contributed by atoms with Crippen molar-refractivity contribution >= 4 is 15.9 Å². The Labute approximate surface area is 117 Å². The molecule has 0 saturated carbocycles. The minimum absolute atomic E-state index is 0.108. The molecule has 0 saturated heterocycles. The lowest BCUT2D eigenvalue weighted by Gasteiger charge is -2.24. The van der Waals surface area contributed by atoms with Crippen LogP contribution < -0.4 is 10.6 Å². The maximum absolute atomic E-state index is 13.5. The zero-order chi connectivity index (χ0) is 13.8. The van der Waals surface area contributed by atoms with E-state index in [0.29, 0.717) is 18.2 Å². The third kappa shape index (κ3) is 5.94. The molecular weight excluding hydrogens is 295 g/mol. The molecular formula is C14H22BrFN2. The Morgan fingerprint density at radius 1 is 1.33 bits per heavy atom. The first-order valence-corrected chi connectivity index (χ1v) is 6.99. The third-order valence-electron chi connectivity index (χ3n) is 2.59. The summed E-state index contributed by atoms with van der Waals surface area (Å²) in [5, 5.41) is 6.73. The molecule has 0 bridgehead atoms. The molecule has 2 nitrogen and oxygen atoms in total. The first-order chi connectivity index (χ1) is 8.28. The number of hydrogen-bond donors (Lipinski definition) is 2. The lowest BCUT2D eigenvalue weighted by atomic mass is 10.1. The average Bonchev–Trinajstić information content (AvgIpc) is 2.26. The van der Waals surface area contributed by atoms with E-state index in [1.54, 1.807) is 6.07 Å². The van der Waals surface area contributed by atoms with Crippen LogP contribution in [0.1, 0.15) is 33.3 Å². The van der Waals surface area contributed by atoms with Crippen LogP contribution in [0.25, 0.3) is 0 Å². The monoisotopic (exact) mass is 316 g/mol. The molecule has 1 aromatic rings. The Balaban J connectivity index is 2.42. The van der Waals surface area contributed by atoms with Gasteiger partial charge in [0.2, 0.25) is 0 Å². The highest BCUT2D eigenvalue weighted by Gasteiger charge is 2.11. The summed E-state index contributed by atoms with van der Waals surface area (Å²) >= 11 is 3.35. The predicted octanol–water partition coefficient (Wildman–Crippen LogP) is 3.45. The molecule has 102 valence electrons. The van der Waals surface area contributed by atoms with Crippen LogP contribution in [0.3, 0.4) is 0 Å². The van der Waals surface area contributed by atoms with E-state index in [-0.39, 0.29) is 11.4 Å². The molecule has 1 unspecified atom stereocenters. The van der Waals surface area contributed by atoms with Crippen molar-refractivity contribution < 1.29 is 4.39 Å². The summed E-state index contributed by atoms with van der Waals surface area (Å²) in [4.78, 5) is 0. The zero-order valence-corrected chi connectivity index (χ0v) is 13.1. The van der Waals surface area contributed by atoms with Crippen LogP contribution in [0.2, 0.25) is 0 Å². The Hall–Kier alpha value is -0.450. The highest BCUT2D eigenvalue weighted by molar-refractivity contribution is 9.10. The second-order valence-electron chi connectivity index (χ2n) is 5.65. The van der Waals surface area contributed by atoms with Gasteiger partial charge < -0.3 is 10.6 Å². The molecule has 0 fully saturated rings. The highest BCUT2D eigenvalue weighted by Crippen LogP contribution is 2.15. The van der Waals surface area contributed by atoms with Gasteiger partial charge in [-0.25, -0.2) is 4.39 Å². The molecule has 18 heavy (non-hydrogen) atoms. The van der Waals surface area contributed by atoms with E-state index in [9.17, 15) is 4.39 Å². The molecule has 1 rings (SSSR count). The van der Waals surface area contributed by atoms with Crippen LogP contribution >= 0.6 is 15.9 Å². The lowest BCUT2D eigenvalue weighted by molar-refractivity contribution is 0.386. The number of benzene rings is 1. The second-order valence-corrected chi connectivity index (χ2v) is 6.56. The molecule has 0 amide bonds. The molecule has 0 aliphatic rings. The smallest absolute Gasteiger partial charge is 0.127 e. The molecule has 2 N–H and O–H groups in total. The molecule has 0 aliphatic carbocycles. The van der Waals surface area contributed by atoms with Crippen molar-refractivity contribution in [1.29, 1.82) is 0 Å². The lowest BCUT2D eigenvalue weighted by Crippen LogP contribution is -2.44. The predicted molar refractivity (Wildman–Crippen MR) is 78.2 cm³/mol. The van der Waals surface area contributed by atoms with Gasteiger partial charge in [-0.2, -0.15) is 0 Å². The summed E-state index contributed by atoms with van der Waals surface area (Å²) in [5.41, 5.74) is 0.795. The van der Waals surface area contributed by atoms with Crippen LogP contribution in [-0.2, 0) is 6.54 Å². The summed E-state index contributed by atoms with van der Waals surface area (Å²) in [5.74, 6) is -0.165. The van der Waals surface area contributed by atoms with Gasteiger partial charge in [0.05, 0.1) is 0 Å². The maximum Gasteiger partial charge on any atom is 0.127 e. The van der Waals surface area contributed by atoms with E-state index >= 15 is 0 Å². The Morgan fingerprint density at radius 3 is 2.61 bits per heavy atom. The molecule has 4 heteroatoms. The summed E-state index contributed by atoms with van der Waals surface area (Å²) in [6.07, 6.45) is 0. The summed E-state index contributed by atoms with van der Waals surface area (Å²) < 4.78 is 14.4. The SMILES string of the molecule is CC(CNC(C)(C)C)NCc1cc(Br)ccc1F. The van der Waals surface area contributed by atoms with Crippen LogP contribution in [0, 0.1) is 5.82 Å². The van der Waals surface area contributed by atoms with Gasteiger partial charge in [0.15, 0.2) is 0 Å². The Morgan fingerprint density at radius 2 is 2.00 bits per heavy atom. The first-order valence-electron chi connectivity index (χ1n) is 6.20. The van der Waals surface area contributed by atoms with E-state index in [4.69, 9.17) is 0 Å². The van der Waals surface area contributed by atoms with E-state index in [1.165, 1.54) is 6.07 Å². The normalized spacial score (nSPS) is 13.7. The van der Waals surface area contributed by atoms with Gasteiger partial charge in [-0.1, -0.05) is 15.9 Å². The van der Waals surface area contributed by atoms with E-state index in [1.807, 2.05) is 6.07 Å². The molecule has 1 aromatic carbocycles. The fraction of sp³-hybridized carbons (Fsp3) is 0.571. The van der Waals surface area contributed by atoms with E-state index in [0.717, 1.165) is 11.0 Å². The maximum atomic E-state index is 13.5. The van der Waals surface area contributed by atoms with Gasteiger partial charge in [-0.15, -0.1) is 0 Å². The minimum Gasteiger partial charge on any atom is -0.311 e. The second kappa shape index (κ2) is 6.64. The van der Waals surface area contributed by atoms with Crippen molar-refractivity contribution in [1.82, 2.24) is 10.6 Å². The largest absolute Gasteiger partial charge is 0.311 e. The zero-order valence-electron chi connectivity index (χ0n) is 11.5. The standard InChI is InChI=1S/C14H22BrFN2/c1-10(8-18-14(2,3)4)17-9-11-7-12(15)5-6-13(11)16/h5-7,10,17-18H,8-9H2,1-4H3. The topological polar surface area (TPSA) is 24.1 Å². The molecule has 0 aromatic heterocycles. The van der Waals surface area contributed by atoms with Crippen LogP contribution in [0.4, 0.5) is 4.39 Å². The molecule has 1 atom stereocenters. The number of nitrogens with one attached hydrogen (secondary N) is 2.